The summed E-state index contributed by atoms with van der Waals surface area (Å²) < 4.78 is 0. The third kappa shape index (κ3) is 3.31. The van der Waals surface area contributed by atoms with Crippen LogP contribution in [0.5, 0.6) is 0 Å². The van der Waals surface area contributed by atoms with E-state index in [9.17, 15) is 4.79 Å². The summed E-state index contributed by atoms with van der Waals surface area (Å²) in [4.78, 5) is 12.7. The summed E-state index contributed by atoms with van der Waals surface area (Å²) in [5.74, 6) is 1.77. The summed E-state index contributed by atoms with van der Waals surface area (Å²) in [6, 6.07) is 0.405. The van der Waals surface area contributed by atoms with Crippen molar-refractivity contribution in [3.8, 4) is 0 Å². The fourth-order valence-electron chi connectivity index (χ4n) is 3.85. The zero-order valence-electron chi connectivity index (χ0n) is 12.8. The van der Waals surface area contributed by atoms with Crippen LogP contribution in [0, 0.1) is 17.3 Å². The zero-order chi connectivity index (χ0) is 13.9. The molecule has 2 aliphatic rings. The highest BCUT2D eigenvalue weighted by Gasteiger charge is 2.39. The van der Waals surface area contributed by atoms with Gasteiger partial charge in [0.2, 0.25) is 5.91 Å². The highest BCUT2D eigenvalue weighted by Crippen LogP contribution is 2.34. The van der Waals surface area contributed by atoms with Gasteiger partial charge in [0.05, 0.1) is 5.41 Å². The molecule has 0 aromatic carbocycles. The van der Waals surface area contributed by atoms with Gasteiger partial charge in [0.15, 0.2) is 0 Å². The average molecular weight is 266 g/mol. The van der Waals surface area contributed by atoms with Crippen molar-refractivity contribution in [1.29, 1.82) is 0 Å². The minimum atomic E-state index is -0.103. The van der Waals surface area contributed by atoms with Crippen molar-refractivity contribution in [2.24, 2.45) is 17.3 Å². The Morgan fingerprint density at radius 2 is 1.95 bits per heavy atom. The van der Waals surface area contributed by atoms with Crippen LogP contribution in [0.25, 0.3) is 0 Å². The molecule has 3 nitrogen and oxygen atoms in total. The van der Waals surface area contributed by atoms with Crippen LogP contribution < -0.4 is 10.6 Å². The van der Waals surface area contributed by atoms with Gasteiger partial charge in [0.1, 0.15) is 0 Å². The Kier molecular flexibility index (Phi) is 4.88. The van der Waals surface area contributed by atoms with Gasteiger partial charge < -0.3 is 10.6 Å². The molecular formula is C16H30N2O. The second-order valence-electron chi connectivity index (χ2n) is 6.86. The van der Waals surface area contributed by atoms with Gasteiger partial charge in [0.25, 0.3) is 0 Å². The van der Waals surface area contributed by atoms with Gasteiger partial charge in [-0.1, -0.05) is 20.8 Å². The predicted molar refractivity (Wildman–Crippen MR) is 78.9 cm³/mol. The van der Waals surface area contributed by atoms with Crippen LogP contribution >= 0.6 is 0 Å². The smallest absolute Gasteiger partial charge is 0.226 e. The number of nitrogens with one attached hydrogen (secondary N) is 2. The molecule has 0 aromatic heterocycles. The highest BCUT2D eigenvalue weighted by atomic mass is 16.2. The molecule has 0 aromatic rings. The molecule has 1 saturated heterocycles. The summed E-state index contributed by atoms with van der Waals surface area (Å²) in [5.41, 5.74) is -0.103. The van der Waals surface area contributed by atoms with E-state index in [1.54, 1.807) is 0 Å². The lowest BCUT2D eigenvalue weighted by atomic mass is 9.74. The number of amides is 1. The van der Waals surface area contributed by atoms with E-state index >= 15 is 0 Å². The molecule has 19 heavy (non-hydrogen) atoms. The monoisotopic (exact) mass is 266 g/mol. The molecule has 3 heteroatoms. The standard InChI is InChI=1S/C16H30N2O/c1-4-16(7-9-17-10-8-16)15(19)18-14-6-5-12(2)11-13(14)3/h12-14,17H,4-11H2,1-3H3,(H,18,19). The van der Waals surface area contributed by atoms with Crippen molar-refractivity contribution < 1.29 is 4.79 Å². The molecule has 2 rings (SSSR count). The Morgan fingerprint density at radius 1 is 1.26 bits per heavy atom. The Balaban J connectivity index is 1.95. The normalized spacial score (nSPS) is 34.8. The van der Waals surface area contributed by atoms with E-state index in [2.05, 4.69) is 31.4 Å². The van der Waals surface area contributed by atoms with Crippen molar-refractivity contribution in [2.45, 2.75) is 65.3 Å². The zero-order valence-corrected chi connectivity index (χ0v) is 12.8. The first-order valence-electron chi connectivity index (χ1n) is 8.09. The second kappa shape index (κ2) is 6.25. The minimum Gasteiger partial charge on any atom is -0.353 e. The molecule has 3 unspecified atom stereocenters. The first-order valence-corrected chi connectivity index (χ1v) is 8.09. The van der Waals surface area contributed by atoms with Gasteiger partial charge in [-0.3, -0.25) is 4.79 Å². The topological polar surface area (TPSA) is 41.1 Å². The second-order valence-corrected chi connectivity index (χ2v) is 6.86. The molecular weight excluding hydrogens is 236 g/mol. The van der Waals surface area contributed by atoms with Crippen LogP contribution in [0.4, 0.5) is 0 Å². The van der Waals surface area contributed by atoms with Crippen LogP contribution in [0.2, 0.25) is 0 Å². The molecule has 1 amide bonds. The molecule has 3 atom stereocenters. The van der Waals surface area contributed by atoms with Gasteiger partial charge >= 0.3 is 0 Å². The van der Waals surface area contributed by atoms with Crippen LogP contribution in [0.15, 0.2) is 0 Å². The van der Waals surface area contributed by atoms with E-state index < -0.39 is 0 Å². The van der Waals surface area contributed by atoms with Crippen molar-refractivity contribution in [3.05, 3.63) is 0 Å². The number of carbonyl (C=O) groups excluding carboxylic acids is 1. The lowest BCUT2D eigenvalue weighted by Crippen LogP contribution is -2.52. The minimum absolute atomic E-state index is 0.103. The lowest BCUT2D eigenvalue weighted by Gasteiger charge is -2.39. The first kappa shape index (κ1) is 14.8. The lowest BCUT2D eigenvalue weighted by molar-refractivity contribution is -0.134. The fraction of sp³-hybridized carbons (Fsp3) is 0.938. The SMILES string of the molecule is CCC1(C(=O)NC2CCC(C)CC2C)CCNCC1. The Morgan fingerprint density at radius 3 is 2.53 bits per heavy atom. The van der Waals surface area contributed by atoms with Crippen LogP contribution in [-0.2, 0) is 4.79 Å². The molecule has 2 N–H and O–H groups in total. The summed E-state index contributed by atoms with van der Waals surface area (Å²) in [6.45, 7) is 8.75. The number of piperidine rings is 1. The largest absolute Gasteiger partial charge is 0.353 e. The number of rotatable bonds is 3. The number of hydrogen-bond donors (Lipinski definition) is 2. The third-order valence-electron chi connectivity index (χ3n) is 5.47. The van der Waals surface area contributed by atoms with Crippen LogP contribution in [0.3, 0.4) is 0 Å². The van der Waals surface area contributed by atoms with Gasteiger partial charge in [-0.25, -0.2) is 0 Å². The predicted octanol–water partition coefficient (Wildman–Crippen LogP) is 2.71. The maximum atomic E-state index is 12.7. The summed E-state index contributed by atoms with van der Waals surface area (Å²) in [5, 5.41) is 6.75. The highest BCUT2D eigenvalue weighted by molar-refractivity contribution is 5.83. The Labute approximate surface area is 117 Å². The van der Waals surface area contributed by atoms with E-state index in [1.807, 2.05) is 0 Å². The molecule has 0 radical (unpaired) electrons. The fourth-order valence-corrected chi connectivity index (χ4v) is 3.85. The van der Waals surface area contributed by atoms with E-state index in [0.29, 0.717) is 17.9 Å². The summed E-state index contributed by atoms with van der Waals surface area (Å²) in [7, 11) is 0. The summed E-state index contributed by atoms with van der Waals surface area (Å²) in [6.07, 6.45) is 6.63. The maximum absolute atomic E-state index is 12.7. The molecule has 1 heterocycles. The average Bonchev–Trinajstić information content (AvgIpc) is 2.42. The van der Waals surface area contributed by atoms with Gasteiger partial charge in [0, 0.05) is 6.04 Å². The number of carbonyl (C=O) groups is 1. The van der Waals surface area contributed by atoms with Gasteiger partial charge in [-0.15, -0.1) is 0 Å². The molecule has 1 aliphatic carbocycles. The molecule has 1 saturated carbocycles. The van der Waals surface area contributed by atoms with Crippen molar-refractivity contribution >= 4 is 5.91 Å². The van der Waals surface area contributed by atoms with E-state index in [1.165, 1.54) is 12.8 Å². The van der Waals surface area contributed by atoms with Crippen LogP contribution in [-0.4, -0.2) is 25.0 Å². The van der Waals surface area contributed by atoms with Crippen molar-refractivity contribution in [2.75, 3.05) is 13.1 Å². The van der Waals surface area contributed by atoms with Crippen LogP contribution in [0.1, 0.15) is 59.3 Å². The first-order chi connectivity index (χ1) is 9.07. The molecule has 0 bridgehead atoms. The quantitative estimate of drug-likeness (QED) is 0.824. The Hall–Kier alpha value is -0.570. The van der Waals surface area contributed by atoms with Gasteiger partial charge in [-0.05, 0) is 63.5 Å². The molecule has 1 aliphatic heterocycles. The molecule has 0 spiro atoms. The Bertz CT molecular complexity index is 310. The van der Waals surface area contributed by atoms with E-state index in [4.69, 9.17) is 0 Å². The molecule has 110 valence electrons. The third-order valence-corrected chi connectivity index (χ3v) is 5.47. The van der Waals surface area contributed by atoms with Gasteiger partial charge in [-0.2, -0.15) is 0 Å². The number of hydrogen-bond acceptors (Lipinski definition) is 2. The maximum Gasteiger partial charge on any atom is 0.226 e. The van der Waals surface area contributed by atoms with Crippen molar-refractivity contribution in [1.82, 2.24) is 10.6 Å². The van der Waals surface area contributed by atoms with Crippen molar-refractivity contribution in [3.63, 3.8) is 0 Å². The van der Waals surface area contributed by atoms with E-state index in [-0.39, 0.29) is 5.41 Å². The summed E-state index contributed by atoms with van der Waals surface area (Å²) >= 11 is 0. The molecule has 2 fully saturated rings. The van der Waals surface area contributed by atoms with E-state index in [0.717, 1.165) is 44.7 Å².